The quantitative estimate of drug-likeness (QED) is 0.840. The van der Waals surface area contributed by atoms with Crippen LogP contribution < -0.4 is 4.74 Å². The van der Waals surface area contributed by atoms with Crippen molar-refractivity contribution in [3.05, 3.63) is 29.8 Å². The van der Waals surface area contributed by atoms with Crippen molar-refractivity contribution < 1.29 is 14.6 Å². The lowest BCUT2D eigenvalue weighted by molar-refractivity contribution is 0.144. The number of likely N-dealkylation sites (tertiary alicyclic amines) is 1. The third kappa shape index (κ3) is 2.44. The zero-order valence-electron chi connectivity index (χ0n) is 11.2. The van der Waals surface area contributed by atoms with Gasteiger partial charge in [-0.3, -0.25) is 0 Å². The molecular weight excluding hydrogens is 254 g/mol. The summed E-state index contributed by atoms with van der Waals surface area (Å²) in [6.45, 7) is 1.30. The van der Waals surface area contributed by atoms with Gasteiger partial charge in [0.1, 0.15) is 5.75 Å². The van der Waals surface area contributed by atoms with E-state index in [9.17, 15) is 4.79 Å². The van der Waals surface area contributed by atoms with E-state index in [2.05, 4.69) is 5.92 Å². The van der Waals surface area contributed by atoms with Gasteiger partial charge in [-0.1, -0.05) is 5.92 Å². The molecule has 0 radical (unpaired) electrons. The highest BCUT2D eigenvalue weighted by Gasteiger charge is 2.43. The highest BCUT2D eigenvalue weighted by Crippen LogP contribution is 2.39. The average Bonchev–Trinajstić information content (AvgIpc) is 2.97. The summed E-state index contributed by atoms with van der Waals surface area (Å²) in [5.74, 6) is 4.31. The van der Waals surface area contributed by atoms with E-state index in [1.807, 2.05) is 24.3 Å². The Morgan fingerprint density at radius 2 is 1.85 bits per heavy atom. The minimum atomic E-state index is -0.804. The second-order valence-electron chi connectivity index (χ2n) is 5.59. The third-order valence-electron chi connectivity index (χ3n) is 4.30. The fourth-order valence-electron chi connectivity index (χ4n) is 3.32. The van der Waals surface area contributed by atoms with Gasteiger partial charge in [-0.2, -0.15) is 0 Å². The highest BCUT2D eigenvalue weighted by molar-refractivity contribution is 5.65. The number of hydrogen-bond acceptors (Lipinski definition) is 2. The molecule has 3 rings (SSSR count). The van der Waals surface area contributed by atoms with Gasteiger partial charge in [-0.05, 0) is 48.9 Å². The lowest BCUT2D eigenvalue weighted by atomic mass is 10.0. The summed E-state index contributed by atoms with van der Waals surface area (Å²) >= 11 is 0. The van der Waals surface area contributed by atoms with Gasteiger partial charge in [0.25, 0.3) is 0 Å². The van der Waals surface area contributed by atoms with Gasteiger partial charge in [0.05, 0.1) is 6.10 Å². The van der Waals surface area contributed by atoms with Gasteiger partial charge in [0.15, 0.2) is 0 Å². The molecule has 2 unspecified atom stereocenters. The van der Waals surface area contributed by atoms with Crippen molar-refractivity contribution in [1.82, 2.24) is 4.90 Å². The van der Waals surface area contributed by atoms with E-state index in [0.717, 1.165) is 24.2 Å². The van der Waals surface area contributed by atoms with Crippen LogP contribution in [0.1, 0.15) is 18.4 Å². The number of carboxylic acid groups (broad SMARTS) is 1. The van der Waals surface area contributed by atoms with Crippen LogP contribution in [0.5, 0.6) is 5.75 Å². The molecule has 1 N–H and O–H groups in total. The lowest BCUT2D eigenvalue weighted by Crippen LogP contribution is -2.29. The Labute approximate surface area is 118 Å². The predicted molar refractivity (Wildman–Crippen MR) is 74.6 cm³/mol. The second-order valence-corrected chi connectivity index (χ2v) is 5.59. The Bertz CT molecular complexity index is 532. The Balaban J connectivity index is 1.57. The fraction of sp³-hybridized carbons (Fsp3) is 0.438. The van der Waals surface area contributed by atoms with Crippen LogP contribution in [0.15, 0.2) is 24.3 Å². The first-order valence-corrected chi connectivity index (χ1v) is 6.87. The number of hydrogen-bond donors (Lipinski definition) is 1. The van der Waals surface area contributed by atoms with Crippen LogP contribution in [0.25, 0.3) is 0 Å². The SMILES string of the molecule is C#Cc1ccc(OC2CC3CN(C(=O)O)CC3C2)cc1. The normalized spacial score (nSPS) is 27.9. The minimum absolute atomic E-state index is 0.192. The molecular formula is C16H17NO3. The molecule has 4 heteroatoms. The summed E-state index contributed by atoms with van der Waals surface area (Å²) in [4.78, 5) is 12.5. The zero-order valence-corrected chi connectivity index (χ0v) is 11.2. The number of carbonyl (C=O) groups is 1. The average molecular weight is 271 g/mol. The number of nitrogens with zero attached hydrogens (tertiary/aromatic N) is 1. The summed E-state index contributed by atoms with van der Waals surface area (Å²) in [5.41, 5.74) is 0.845. The largest absolute Gasteiger partial charge is 0.490 e. The predicted octanol–water partition coefficient (Wildman–Crippen LogP) is 2.44. The van der Waals surface area contributed by atoms with E-state index in [-0.39, 0.29) is 6.10 Å². The van der Waals surface area contributed by atoms with Gasteiger partial charge in [-0.25, -0.2) is 4.79 Å². The molecule has 1 saturated heterocycles. The monoisotopic (exact) mass is 271 g/mol. The van der Waals surface area contributed by atoms with E-state index in [1.54, 1.807) is 0 Å². The fourth-order valence-corrected chi connectivity index (χ4v) is 3.32. The van der Waals surface area contributed by atoms with Gasteiger partial charge in [0.2, 0.25) is 0 Å². The van der Waals surface area contributed by atoms with Gasteiger partial charge in [-0.15, -0.1) is 6.42 Å². The molecule has 1 aromatic rings. The van der Waals surface area contributed by atoms with Crippen LogP contribution in [0.2, 0.25) is 0 Å². The summed E-state index contributed by atoms with van der Waals surface area (Å²) in [7, 11) is 0. The van der Waals surface area contributed by atoms with E-state index in [0.29, 0.717) is 24.9 Å². The number of rotatable bonds is 2. The molecule has 1 aliphatic carbocycles. The summed E-state index contributed by atoms with van der Waals surface area (Å²) in [6, 6.07) is 7.54. The molecule has 0 aromatic heterocycles. The molecule has 2 aliphatic rings. The number of terminal acetylenes is 1. The lowest BCUT2D eigenvalue weighted by Gasteiger charge is -2.17. The van der Waals surface area contributed by atoms with Gasteiger partial charge < -0.3 is 14.7 Å². The molecule has 104 valence electrons. The first-order chi connectivity index (χ1) is 9.65. The van der Waals surface area contributed by atoms with Crippen molar-refractivity contribution in [2.24, 2.45) is 11.8 Å². The summed E-state index contributed by atoms with van der Waals surface area (Å²) in [5, 5.41) is 9.00. The van der Waals surface area contributed by atoms with Crippen LogP contribution in [0.3, 0.4) is 0 Å². The first-order valence-electron chi connectivity index (χ1n) is 6.87. The van der Waals surface area contributed by atoms with Crippen molar-refractivity contribution in [2.75, 3.05) is 13.1 Å². The molecule has 1 heterocycles. The second kappa shape index (κ2) is 5.09. The molecule has 1 aromatic carbocycles. The topological polar surface area (TPSA) is 49.8 Å². The maximum Gasteiger partial charge on any atom is 0.407 e. The maximum atomic E-state index is 10.9. The number of benzene rings is 1. The van der Waals surface area contributed by atoms with Crippen LogP contribution in [0.4, 0.5) is 4.79 Å². The number of ether oxygens (including phenoxy) is 1. The molecule has 2 atom stereocenters. The van der Waals surface area contributed by atoms with Gasteiger partial charge >= 0.3 is 6.09 Å². The standard InChI is InChI=1S/C16H17NO3/c1-2-11-3-5-14(6-4-11)20-15-7-12-9-17(16(18)19)10-13(12)8-15/h1,3-6,12-13,15H,7-10H2,(H,18,19). The molecule has 0 bridgehead atoms. The van der Waals surface area contributed by atoms with Crippen LogP contribution in [-0.4, -0.2) is 35.3 Å². The Morgan fingerprint density at radius 1 is 1.25 bits per heavy atom. The van der Waals surface area contributed by atoms with Crippen LogP contribution in [0, 0.1) is 24.2 Å². The molecule has 2 fully saturated rings. The van der Waals surface area contributed by atoms with Crippen molar-refractivity contribution >= 4 is 6.09 Å². The van der Waals surface area contributed by atoms with Crippen LogP contribution in [-0.2, 0) is 0 Å². The molecule has 1 saturated carbocycles. The van der Waals surface area contributed by atoms with Crippen LogP contribution >= 0.6 is 0 Å². The zero-order chi connectivity index (χ0) is 14.1. The summed E-state index contributed by atoms with van der Waals surface area (Å²) in [6.07, 6.45) is 6.58. The van der Waals surface area contributed by atoms with E-state index in [4.69, 9.17) is 16.3 Å². The molecule has 1 aliphatic heterocycles. The Kier molecular flexibility index (Phi) is 3.27. The number of amides is 1. The van der Waals surface area contributed by atoms with Gasteiger partial charge in [0, 0.05) is 18.7 Å². The first kappa shape index (κ1) is 12.9. The maximum absolute atomic E-state index is 10.9. The Hall–Kier alpha value is -2.15. The van der Waals surface area contributed by atoms with Crippen molar-refractivity contribution in [3.8, 4) is 18.1 Å². The minimum Gasteiger partial charge on any atom is -0.490 e. The third-order valence-corrected chi connectivity index (χ3v) is 4.30. The highest BCUT2D eigenvalue weighted by atomic mass is 16.5. The smallest absolute Gasteiger partial charge is 0.407 e. The van der Waals surface area contributed by atoms with Crippen molar-refractivity contribution in [2.45, 2.75) is 18.9 Å². The van der Waals surface area contributed by atoms with Crippen molar-refractivity contribution in [1.29, 1.82) is 0 Å². The molecule has 20 heavy (non-hydrogen) atoms. The van der Waals surface area contributed by atoms with E-state index in [1.165, 1.54) is 4.90 Å². The number of fused-ring (bicyclic) bond motifs is 1. The molecule has 4 nitrogen and oxygen atoms in total. The summed E-state index contributed by atoms with van der Waals surface area (Å²) < 4.78 is 5.97. The molecule has 0 spiro atoms. The Morgan fingerprint density at radius 3 is 2.35 bits per heavy atom. The van der Waals surface area contributed by atoms with E-state index < -0.39 is 6.09 Å². The van der Waals surface area contributed by atoms with Crippen molar-refractivity contribution in [3.63, 3.8) is 0 Å². The molecule has 1 amide bonds. The van der Waals surface area contributed by atoms with E-state index >= 15 is 0 Å².